The number of methoxy groups -OCH3 is 1. The number of morpholine rings is 1. The van der Waals surface area contributed by atoms with Crippen LogP contribution in [0.3, 0.4) is 0 Å². The fraction of sp³-hybridized carbons (Fsp3) is 0.333. The third-order valence-corrected chi connectivity index (χ3v) is 7.51. The fourth-order valence-corrected chi connectivity index (χ4v) is 5.15. The maximum absolute atomic E-state index is 13.3. The normalized spacial score (nSPS) is 16.3. The third-order valence-electron chi connectivity index (χ3n) is 7.51. The monoisotopic (exact) mass is 667 g/mol. The van der Waals surface area contributed by atoms with Crippen molar-refractivity contribution in [2.75, 3.05) is 73.6 Å². The van der Waals surface area contributed by atoms with Crippen molar-refractivity contribution in [2.45, 2.75) is 18.6 Å². The van der Waals surface area contributed by atoms with E-state index in [1.54, 1.807) is 18.2 Å². The number of rotatable bonds is 9. The van der Waals surface area contributed by atoms with Gasteiger partial charge in [-0.05, 0) is 35.4 Å². The Balaban J connectivity index is 1.32. The summed E-state index contributed by atoms with van der Waals surface area (Å²) >= 11 is 0. The van der Waals surface area contributed by atoms with Gasteiger partial charge in [-0.15, -0.1) is 0 Å². The van der Waals surface area contributed by atoms with Gasteiger partial charge in [0.15, 0.2) is 23.1 Å². The minimum Gasteiger partial charge on any atom is -0.493 e. The van der Waals surface area contributed by atoms with Gasteiger partial charge in [-0.2, -0.15) is 38.1 Å². The lowest BCUT2D eigenvalue weighted by Crippen LogP contribution is -2.37. The largest absolute Gasteiger partial charge is 0.493 e. The Morgan fingerprint density at radius 3 is 2.50 bits per heavy atom. The summed E-state index contributed by atoms with van der Waals surface area (Å²) in [6.07, 6.45) is -4.26. The summed E-state index contributed by atoms with van der Waals surface area (Å²) in [5, 5.41) is 15.5. The Morgan fingerprint density at radius 2 is 1.79 bits per heavy atom. The highest BCUT2D eigenvalue weighted by Crippen LogP contribution is 2.40. The highest BCUT2D eigenvalue weighted by molar-refractivity contribution is 6.04. The molecule has 0 aliphatic carbocycles. The molecular formula is C30H32F3N11O4. The Labute approximate surface area is 272 Å². The zero-order valence-corrected chi connectivity index (χ0v) is 25.7. The van der Waals surface area contributed by atoms with E-state index in [2.05, 4.69) is 40.5 Å². The van der Waals surface area contributed by atoms with Crippen LogP contribution in [-0.4, -0.2) is 82.3 Å². The van der Waals surface area contributed by atoms with E-state index in [9.17, 15) is 18.3 Å². The van der Waals surface area contributed by atoms with Gasteiger partial charge in [-0.1, -0.05) is 18.2 Å². The second-order valence-corrected chi connectivity index (χ2v) is 10.7. The van der Waals surface area contributed by atoms with Gasteiger partial charge >= 0.3 is 12.2 Å². The molecule has 2 aliphatic rings. The van der Waals surface area contributed by atoms with Crippen LogP contribution in [0.4, 0.5) is 48.3 Å². The van der Waals surface area contributed by atoms with Crippen molar-refractivity contribution in [3.05, 3.63) is 59.2 Å². The molecule has 2 aliphatic heterocycles. The second-order valence-electron chi connectivity index (χ2n) is 10.7. The van der Waals surface area contributed by atoms with Crippen molar-refractivity contribution in [3.63, 3.8) is 0 Å². The van der Waals surface area contributed by atoms with E-state index in [4.69, 9.17) is 25.7 Å². The number of nitrogen functional groups attached to an aromatic ring is 2. The molecule has 1 saturated heterocycles. The first kappa shape index (κ1) is 32.5. The van der Waals surface area contributed by atoms with Gasteiger partial charge in [0.25, 0.3) is 0 Å². The Bertz CT molecular complexity index is 1800. The molecule has 2 aromatic carbocycles. The molecule has 0 spiro atoms. The number of hydrogen-bond acceptors (Lipinski definition) is 15. The number of aliphatic hydroxyl groups is 1. The molecule has 6 rings (SSSR count). The van der Waals surface area contributed by atoms with Gasteiger partial charge in [0, 0.05) is 26.1 Å². The molecule has 4 heterocycles. The fourth-order valence-electron chi connectivity index (χ4n) is 5.15. The predicted octanol–water partition coefficient (Wildman–Crippen LogP) is 3.56. The van der Waals surface area contributed by atoms with Crippen LogP contribution >= 0.6 is 0 Å². The first-order valence-corrected chi connectivity index (χ1v) is 14.8. The van der Waals surface area contributed by atoms with Gasteiger partial charge in [0.05, 0.1) is 44.2 Å². The summed E-state index contributed by atoms with van der Waals surface area (Å²) in [4.78, 5) is 28.2. The van der Waals surface area contributed by atoms with E-state index in [1.165, 1.54) is 19.2 Å². The number of nitrogens with two attached hydrogens (primary N) is 2. The van der Waals surface area contributed by atoms with Crippen molar-refractivity contribution in [1.82, 2.24) is 24.9 Å². The number of nitrogens with zero attached hydrogens (tertiary/aromatic N) is 7. The molecule has 1 atom stereocenters. The van der Waals surface area contributed by atoms with Crippen molar-refractivity contribution < 1.29 is 32.5 Å². The summed E-state index contributed by atoms with van der Waals surface area (Å²) in [6.45, 7) is 2.30. The molecule has 2 aromatic heterocycles. The molecule has 0 saturated carbocycles. The lowest BCUT2D eigenvalue weighted by Gasteiger charge is -2.27. The maximum atomic E-state index is 13.3. The van der Waals surface area contributed by atoms with Crippen LogP contribution in [0.2, 0.25) is 0 Å². The van der Waals surface area contributed by atoms with Crippen LogP contribution < -0.4 is 36.5 Å². The van der Waals surface area contributed by atoms with Crippen molar-refractivity contribution in [2.24, 2.45) is 4.99 Å². The Morgan fingerprint density at radius 1 is 1.02 bits per heavy atom. The molecule has 15 nitrogen and oxygen atoms in total. The van der Waals surface area contributed by atoms with Crippen LogP contribution in [0, 0.1) is 0 Å². The number of benzene rings is 2. The Kier molecular flexibility index (Phi) is 9.26. The number of fused-ring (bicyclic) bond motifs is 1. The minimum absolute atomic E-state index is 0.00104. The van der Waals surface area contributed by atoms with E-state index < -0.39 is 17.8 Å². The van der Waals surface area contributed by atoms with Gasteiger partial charge < -0.3 is 46.3 Å². The molecule has 1 unspecified atom stereocenters. The lowest BCUT2D eigenvalue weighted by atomic mass is 9.96. The van der Waals surface area contributed by atoms with Crippen molar-refractivity contribution in [3.8, 4) is 17.5 Å². The average Bonchev–Trinajstić information content (AvgIpc) is 3.28. The molecular weight excluding hydrogens is 635 g/mol. The zero-order valence-electron chi connectivity index (χ0n) is 25.7. The van der Waals surface area contributed by atoms with Gasteiger partial charge in [0.1, 0.15) is 5.69 Å². The molecule has 7 N–H and O–H groups in total. The maximum Gasteiger partial charge on any atom is 0.416 e. The van der Waals surface area contributed by atoms with Crippen LogP contribution in [0.5, 0.6) is 17.5 Å². The van der Waals surface area contributed by atoms with E-state index in [0.717, 1.165) is 12.1 Å². The summed E-state index contributed by atoms with van der Waals surface area (Å²) in [7, 11) is 1.48. The molecule has 0 radical (unpaired) electrons. The van der Waals surface area contributed by atoms with Gasteiger partial charge in [0.2, 0.25) is 17.8 Å². The van der Waals surface area contributed by atoms with Crippen LogP contribution in [0.15, 0.2) is 47.5 Å². The van der Waals surface area contributed by atoms with Crippen molar-refractivity contribution in [1.29, 1.82) is 0 Å². The number of nitrogens with one attached hydrogen (secondary N) is 2. The summed E-state index contributed by atoms with van der Waals surface area (Å²) < 4.78 is 57.1. The average molecular weight is 668 g/mol. The van der Waals surface area contributed by atoms with Crippen LogP contribution in [-0.2, 0) is 10.9 Å². The highest BCUT2D eigenvalue weighted by atomic mass is 19.4. The zero-order chi connectivity index (χ0) is 33.8. The first-order valence-electron chi connectivity index (χ1n) is 14.8. The first-order chi connectivity index (χ1) is 23.1. The van der Waals surface area contributed by atoms with Gasteiger partial charge in [-0.3, -0.25) is 0 Å². The standard InChI is InChI=1S/C30H32F3N11O4/c1-46-22-14-17(4-7-21(22)48-29-42-27(36-8-11-45)41-28(43-29)44-9-12-47-13-10-44)20-15-19(16-2-5-18(6-3-16)30(31,32)33)37-23-24(34)39-26(35)40-25(23)38-20/h2-7,14,20,45H,8-13,15H2,1H3,(H,36,41,42,43)(H5,34,35,38,39,40). The lowest BCUT2D eigenvalue weighted by molar-refractivity contribution is -0.137. The molecule has 0 amide bonds. The number of aromatic nitrogens is 5. The predicted molar refractivity (Wildman–Crippen MR) is 171 cm³/mol. The summed E-state index contributed by atoms with van der Waals surface area (Å²) in [5.41, 5.74) is 13.1. The van der Waals surface area contributed by atoms with Gasteiger partial charge in [-0.25, -0.2) is 4.99 Å². The highest BCUT2D eigenvalue weighted by Gasteiger charge is 2.31. The topological polar surface area (TPSA) is 204 Å². The second kappa shape index (κ2) is 13.7. The van der Waals surface area contributed by atoms with E-state index in [0.29, 0.717) is 60.6 Å². The molecule has 0 bridgehead atoms. The number of halogens is 3. The van der Waals surface area contributed by atoms with Crippen LogP contribution in [0.1, 0.15) is 29.2 Å². The minimum atomic E-state index is -4.49. The molecule has 48 heavy (non-hydrogen) atoms. The van der Waals surface area contributed by atoms with E-state index in [1.807, 2.05) is 4.90 Å². The Hall–Kier alpha value is -5.49. The van der Waals surface area contributed by atoms with Crippen LogP contribution in [0.25, 0.3) is 0 Å². The van der Waals surface area contributed by atoms with E-state index in [-0.39, 0.29) is 54.8 Å². The number of anilines is 5. The molecule has 18 heteroatoms. The number of aliphatic imine (C=N–C) groups is 1. The summed E-state index contributed by atoms with van der Waals surface area (Å²) in [6, 6.07) is 9.42. The molecule has 4 aromatic rings. The number of ether oxygens (including phenoxy) is 3. The number of aliphatic hydroxyl groups excluding tert-OH is 1. The SMILES string of the molecule is COc1cc(C2CC(c3ccc(C(F)(F)F)cc3)=Nc3c(N)nc(N)nc3N2)ccc1Oc1nc(NCCO)nc(N2CCOCC2)n1. The smallest absolute Gasteiger partial charge is 0.416 e. The third kappa shape index (κ3) is 7.23. The molecule has 1 fully saturated rings. The number of alkyl halides is 3. The van der Waals surface area contributed by atoms with Crippen molar-refractivity contribution >= 4 is 40.9 Å². The van der Waals surface area contributed by atoms with E-state index >= 15 is 0 Å². The molecule has 252 valence electrons. The summed E-state index contributed by atoms with van der Waals surface area (Å²) in [5.74, 6) is 1.45. The quantitative estimate of drug-likeness (QED) is 0.173. The number of hydrogen-bond donors (Lipinski definition) is 5.